The minimum absolute atomic E-state index is 0.425. The van der Waals surface area contributed by atoms with E-state index in [2.05, 4.69) is 33.5 Å². The Hall–Kier alpha value is -2.45. The second kappa shape index (κ2) is 6.76. The maximum Gasteiger partial charge on any atom is 0.151 e. The van der Waals surface area contributed by atoms with Crippen LogP contribution in [0.2, 0.25) is 0 Å². The highest BCUT2D eigenvalue weighted by atomic mass is 15.2. The molecule has 0 saturated carbocycles. The number of hydrogen-bond acceptors (Lipinski definition) is 5. The number of likely N-dealkylation sites (N-methyl/N-ethyl adjacent to an activating group) is 1. The Morgan fingerprint density at radius 2 is 2.17 bits per heavy atom. The van der Waals surface area contributed by atoms with E-state index in [1.165, 1.54) is 6.42 Å². The summed E-state index contributed by atoms with van der Waals surface area (Å²) in [4.78, 5) is 2.34. The van der Waals surface area contributed by atoms with Gasteiger partial charge in [-0.05, 0) is 57.1 Å². The molecule has 0 spiro atoms. The maximum atomic E-state index is 9.01. The zero-order valence-electron chi connectivity index (χ0n) is 13.6. The summed E-state index contributed by atoms with van der Waals surface area (Å²) in [5, 5.41) is 21.2. The largest absolute Gasteiger partial charge is 0.364 e. The predicted molar refractivity (Wildman–Crippen MR) is 91.1 cm³/mol. The summed E-state index contributed by atoms with van der Waals surface area (Å²) in [6.07, 6.45) is 2.37. The van der Waals surface area contributed by atoms with Crippen LogP contribution < -0.4 is 5.32 Å². The average molecular weight is 307 g/mol. The van der Waals surface area contributed by atoms with Crippen molar-refractivity contribution in [3.8, 4) is 17.3 Å². The summed E-state index contributed by atoms with van der Waals surface area (Å²) in [6.45, 7) is 4.24. The Morgan fingerprint density at radius 3 is 2.91 bits per heavy atom. The molecular formula is C18H21N5. The van der Waals surface area contributed by atoms with Crippen molar-refractivity contribution in [1.29, 1.82) is 5.26 Å². The lowest BCUT2D eigenvalue weighted by molar-refractivity contribution is 0.260. The van der Waals surface area contributed by atoms with Gasteiger partial charge in [-0.25, -0.2) is 0 Å². The minimum atomic E-state index is 0.425. The van der Waals surface area contributed by atoms with Crippen LogP contribution in [0.3, 0.4) is 0 Å². The van der Waals surface area contributed by atoms with E-state index in [1.54, 1.807) is 6.07 Å². The van der Waals surface area contributed by atoms with Crippen LogP contribution in [0.25, 0.3) is 11.3 Å². The summed E-state index contributed by atoms with van der Waals surface area (Å²) in [5.74, 6) is 0.852. The van der Waals surface area contributed by atoms with Gasteiger partial charge >= 0.3 is 0 Å². The van der Waals surface area contributed by atoms with Crippen molar-refractivity contribution in [3.63, 3.8) is 0 Å². The van der Waals surface area contributed by atoms with Crippen LogP contribution in [-0.2, 0) is 0 Å². The number of likely N-dealkylation sites (tertiary alicyclic amines) is 1. The topological polar surface area (TPSA) is 64.8 Å². The lowest BCUT2D eigenvalue weighted by Gasteiger charge is -2.30. The molecule has 1 aromatic carbocycles. The van der Waals surface area contributed by atoms with Crippen molar-refractivity contribution in [1.82, 2.24) is 15.1 Å². The highest BCUT2D eigenvalue weighted by Gasteiger charge is 2.18. The van der Waals surface area contributed by atoms with E-state index in [1.807, 2.05) is 31.2 Å². The molecule has 5 heteroatoms. The molecule has 1 aliphatic heterocycles. The van der Waals surface area contributed by atoms with Gasteiger partial charge < -0.3 is 10.2 Å². The molecule has 2 aromatic rings. The average Bonchev–Trinajstić information content (AvgIpc) is 2.57. The van der Waals surface area contributed by atoms with Crippen LogP contribution >= 0.6 is 0 Å². The van der Waals surface area contributed by atoms with Gasteiger partial charge in [-0.2, -0.15) is 5.26 Å². The molecule has 1 aromatic heterocycles. The lowest BCUT2D eigenvalue weighted by Crippen LogP contribution is -2.40. The third kappa shape index (κ3) is 3.66. The van der Waals surface area contributed by atoms with Gasteiger partial charge in [0.15, 0.2) is 5.82 Å². The van der Waals surface area contributed by atoms with E-state index in [4.69, 9.17) is 5.26 Å². The van der Waals surface area contributed by atoms with Crippen LogP contribution in [0.1, 0.15) is 24.0 Å². The first-order valence-electron chi connectivity index (χ1n) is 7.95. The molecule has 1 N–H and O–H groups in total. The van der Waals surface area contributed by atoms with Crippen molar-refractivity contribution >= 4 is 5.82 Å². The summed E-state index contributed by atoms with van der Waals surface area (Å²) in [7, 11) is 2.15. The van der Waals surface area contributed by atoms with Gasteiger partial charge in [0.2, 0.25) is 0 Å². The molecule has 0 bridgehead atoms. The molecule has 3 rings (SSSR count). The van der Waals surface area contributed by atoms with Crippen molar-refractivity contribution in [3.05, 3.63) is 41.5 Å². The van der Waals surface area contributed by atoms with E-state index < -0.39 is 0 Å². The number of rotatable bonds is 3. The standard InChI is InChI=1S/C18H21N5/c1-13-9-17(15-6-3-5-14(10-15)11-19)21-22-18(13)20-16-7-4-8-23(2)12-16/h3,5-6,9-10,16H,4,7-8,12H2,1-2H3,(H,20,22)/t16-/m1/s1. The number of nitrogens with zero attached hydrogens (tertiary/aromatic N) is 4. The molecule has 1 atom stereocenters. The smallest absolute Gasteiger partial charge is 0.151 e. The quantitative estimate of drug-likeness (QED) is 0.944. The molecule has 1 aliphatic rings. The normalized spacial score (nSPS) is 18.4. The molecule has 5 nitrogen and oxygen atoms in total. The molecule has 0 radical (unpaired) electrons. The molecule has 1 saturated heterocycles. The molecule has 23 heavy (non-hydrogen) atoms. The van der Waals surface area contributed by atoms with Crippen LogP contribution in [0.4, 0.5) is 5.82 Å². The summed E-state index contributed by atoms with van der Waals surface area (Å²) in [6, 6.07) is 12.1. The number of aryl methyl sites for hydroxylation is 1. The molecular weight excluding hydrogens is 286 g/mol. The third-order valence-electron chi connectivity index (χ3n) is 4.24. The van der Waals surface area contributed by atoms with Crippen LogP contribution in [0.5, 0.6) is 0 Å². The number of nitriles is 1. The minimum Gasteiger partial charge on any atom is -0.364 e. The van der Waals surface area contributed by atoms with Crippen LogP contribution in [0, 0.1) is 18.3 Å². The molecule has 2 heterocycles. The number of benzene rings is 1. The molecule has 1 fully saturated rings. The highest BCUT2D eigenvalue weighted by Crippen LogP contribution is 2.22. The Labute approximate surface area is 137 Å². The highest BCUT2D eigenvalue weighted by molar-refractivity contribution is 5.63. The monoisotopic (exact) mass is 307 g/mol. The Bertz CT molecular complexity index is 734. The SMILES string of the molecule is Cc1cc(-c2cccc(C#N)c2)nnc1N[C@@H]1CCCN(C)C1. The molecule has 0 amide bonds. The molecule has 0 unspecified atom stereocenters. The lowest BCUT2D eigenvalue weighted by atomic mass is 10.1. The zero-order valence-corrected chi connectivity index (χ0v) is 13.6. The van der Waals surface area contributed by atoms with Gasteiger partial charge in [-0.1, -0.05) is 12.1 Å². The maximum absolute atomic E-state index is 9.01. The first-order valence-corrected chi connectivity index (χ1v) is 7.95. The Kier molecular flexibility index (Phi) is 4.54. The van der Waals surface area contributed by atoms with E-state index in [-0.39, 0.29) is 0 Å². The number of piperidine rings is 1. The van der Waals surface area contributed by atoms with Gasteiger partial charge in [-0.3, -0.25) is 0 Å². The first kappa shape index (κ1) is 15.4. The second-order valence-corrected chi connectivity index (χ2v) is 6.20. The summed E-state index contributed by atoms with van der Waals surface area (Å²) < 4.78 is 0. The van der Waals surface area contributed by atoms with Crippen molar-refractivity contribution in [2.24, 2.45) is 0 Å². The van der Waals surface area contributed by atoms with Crippen molar-refractivity contribution in [2.75, 3.05) is 25.5 Å². The number of hydrogen-bond donors (Lipinski definition) is 1. The number of nitrogens with one attached hydrogen (secondary N) is 1. The van der Waals surface area contributed by atoms with Gasteiger partial charge in [0.25, 0.3) is 0 Å². The Morgan fingerprint density at radius 1 is 1.30 bits per heavy atom. The number of anilines is 1. The van der Waals surface area contributed by atoms with Crippen molar-refractivity contribution in [2.45, 2.75) is 25.8 Å². The van der Waals surface area contributed by atoms with Crippen molar-refractivity contribution < 1.29 is 0 Å². The van der Waals surface area contributed by atoms with Crippen LogP contribution in [-0.4, -0.2) is 41.3 Å². The first-order chi connectivity index (χ1) is 11.2. The van der Waals surface area contributed by atoms with Crippen LogP contribution in [0.15, 0.2) is 30.3 Å². The fourth-order valence-corrected chi connectivity index (χ4v) is 2.99. The van der Waals surface area contributed by atoms with Gasteiger partial charge in [0.05, 0.1) is 17.3 Å². The fourth-order valence-electron chi connectivity index (χ4n) is 2.99. The summed E-state index contributed by atoms with van der Waals surface area (Å²) >= 11 is 0. The zero-order chi connectivity index (χ0) is 16.2. The van der Waals surface area contributed by atoms with Gasteiger partial charge in [0, 0.05) is 18.2 Å². The number of aromatic nitrogens is 2. The van der Waals surface area contributed by atoms with E-state index in [9.17, 15) is 0 Å². The van der Waals surface area contributed by atoms with E-state index in [0.29, 0.717) is 11.6 Å². The molecule has 0 aliphatic carbocycles. The van der Waals surface area contributed by atoms with E-state index >= 15 is 0 Å². The van der Waals surface area contributed by atoms with Gasteiger partial charge in [0.1, 0.15) is 0 Å². The predicted octanol–water partition coefficient (Wildman–Crippen LogP) is 2.83. The second-order valence-electron chi connectivity index (χ2n) is 6.20. The third-order valence-corrected chi connectivity index (χ3v) is 4.24. The molecule has 118 valence electrons. The summed E-state index contributed by atoms with van der Waals surface area (Å²) in [5.41, 5.74) is 3.43. The van der Waals surface area contributed by atoms with E-state index in [0.717, 1.165) is 42.1 Å². The fraction of sp³-hybridized carbons (Fsp3) is 0.389. The Balaban J connectivity index is 1.79. The van der Waals surface area contributed by atoms with Gasteiger partial charge in [-0.15, -0.1) is 10.2 Å².